The summed E-state index contributed by atoms with van der Waals surface area (Å²) in [6.07, 6.45) is 3.00. The molecule has 78 valence electrons. The van der Waals surface area contributed by atoms with E-state index in [4.69, 9.17) is 5.11 Å². The van der Waals surface area contributed by atoms with E-state index in [-0.39, 0.29) is 5.69 Å². The second-order valence-corrected chi connectivity index (χ2v) is 4.16. The van der Waals surface area contributed by atoms with Crippen molar-refractivity contribution in [3.05, 3.63) is 34.3 Å². The maximum atomic E-state index is 10.6. The number of hydrogen-bond acceptors (Lipinski definition) is 4. The Kier molecular flexibility index (Phi) is 2.51. The summed E-state index contributed by atoms with van der Waals surface area (Å²) in [5.41, 5.74) is 0.980. The number of aryl methyl sites for hydroxylation is 1. The number of aromatic carboxylic acids is 1. The van der Waals surface area contributed by atoms with Crippen LogP contribution < -0.4 is 0 Å². The van der Waals surface area contributed by atoms with E-state index in [1.165, 1.54) is 12.5 Å². The average Bonchev–Trinajstić information content (AvgIpc) is 2.76. The molecule has 2 aromatic heterocycles. The lowest BCUT2D eigenvalue weighted by Gasteiger charge is -1.96. The van der Waals surface area contributed by atoms with Crippen LogP contribution in [0.3, 0.4) is 0 Å². The lowest BCUT2D eigenvalue weighted by molar-refractivity contribution is 0.0691. The number of carbonyl (C=O) groups is 1. The summed E-state index contributed by atoms with van der Waals surface area (Å²) in [6, 6.07) is 0. The van der Waals surface area contributed by atoms with Crippen LogP contribution in [0.4, 0.5) is 0 Å². The lowest BCUT2D eigenvalue weighted by Crippen LogP contribution is -1.98. The third kappa shape index (κ3) is 2.21. The second-order valence-electron chi connectivity index (χ2n) is 3.09. The monoisotopic (exact) mass is 223 g/mol. The zero-order chi connectivity index (χ0) is 10.8. The minimum absolute atomic E-state index is 0.0574. The Labute approximate surface area is 90.0 Å². The molecular weight excluding hydrogens is 214 g/mol. The molecule has 15 heavy (non-hydrogen) atoms. The zero-order valence-corrected chi connectivity index (χ0v) is 8.86. The first-order chi connectivity index (χ1) is 7.15. The maximum Gasteiger partial charge on any atom is 0.356 e. The van der Waals surface area contributed by atoms with Gasteiger partial charge in [0.15, 0.2) is 5.69 Å². The average molecular weight is 223 g/mol. The van der Waals surface area contributed by atoms with E-state index < -0.39 is 5.97 Å². The van der Waals surface area contributed by atoms with Gasteiger partial charge in [-0.2, -0.15) is 0 Å². The van der Waals surface area contributed by atoms with Crippen molar-refractivity contribution in [3.8, 4) is 0 Å². The number of rotatable bonds is 3. The molecule has 0 aliphatic heterocycles. The predicted octanol–water partition coefficient (Wildman–Crippen LogP) is 1.39. The highest BCUT2D eigenvalue weighted by Gasteiger charge is 2.07. The highest BCUT2D eigenvalue weighted by Crippen LogP contribution is 2.09. The molecule has 0 aliphatic carbocycles. The number of carboxylic acid groups (broad SMARTS) is 1. The Bertz CT molecular complexity index is 489. The lowest BCUT2D eigenvalue weighted by atomic mass is 10.4. The fraction of sp³-hybridized carbons (Fsp3) is 0.222. The van der Waals surface area contributed by atoms with Crippen molar-refractivity contribution in [3.63, 3.8) is 0 Å². The van der Waals surface area contributed by atoms with Crippen LogP contribution in [-0.2, 0) is 6.54 Å². The molecule has 0 saturated carbocycles. The van der Waals surface area contributed by atoms with Gasteiger partial charge in [0, 0.05) is 11.6 Å². The Hall–Kier alpha value is -1.69. The van der Waals surface area contributed by atoms with Crippen LogP contribution in [0, 0.1) is 6.92 Å². The van der Waals surface area contributed by atoms with Gasteiger partial charge in [0.25, 0.3) is 0 Å². The normalized spacial score (nSPS) is 10.5. The largest absolute Gasteiger partial charge is 0.476 e. The van der Waals surface area contributed by atoms with Gasteiger partial charge in [-0.3, -0.25) is 0 Å². The summed E-state index contributed by atoms with van der Waals surface area (Å²) in [4.78, 5) is 18.6. The minimum Gasteiger partial charge on any atom is -0.476 e. The van der Waals surface area contributed by atoms with Crippen molar-refractivity contribution < 1.29 is 9.90 Å². The molecule has 0 amide bonds. The van der Waals surface area contributed by atoms with Gasteiger partial charge >= 0.3 is 5.97 Å². The molecule has 0 bridgehead atoms. The number of imidazole rings is 1. The van der Waals surface area contributed by atoms with E-state index in [0.29, 0.717) is 6.54 Å². The SMILES string of the molecule is Cc1nc(Cn2cnc(C(=O)O)c2)cs1. The fourth-order valence-electron chi connectivity index (χ4n) is 1.22. The van der Waals surface area contributed by atoms with Gasteiger partial charge in [-0.1, -0.05) is 0 Å². The molecule has 0 spiro atoms. The molecule has 2 aromatic rings. The van der Waals surface area contributed by atoms with E-state index in [1.54, 1.807) is 15.9 Å². The molecule has 6 heteroatoms. The molecule has 1 N–H and O–H groups in total. The third-order valence-corrected chi connectivity index (χ3v) is 2.69. The third-order valence-electron chi connectivity index (χ3n) is 1.86. The Morgan fingerprint density at radius 3 is 3.00 bits per heavy atom. The summed E-state index contributed by atoms with van der Waals surface area (Å²) in [5.74, 6) is -1.01. The standard InChI is InChI=1S/C9H9N3O2S/c1-6-11-7(4-15-6)2-12-3-8(9(13)14)10-5-12/h3-5H,2H2,1H3,(H,13,14). The van der Waals surface area contributed by atoms with Crippen molar-refractivity contribution in [2.75, 3.05) is 0 Å². The fourth-order valence-corrected chi connectivity index (χ4v) is 1.83. The van der Waals surface area contributed by atoms with E-state index >= 15 is 0 Å². The van der Waals surface area contributed by atoms with Gasteiger partial charge in [-0.25, -0.2) is 14.8 Å². The summed E-state index contributed by atoms with van der Waals surface area (Å²) in [7, 11) is 0. The van der Waals surface area contributed by atoms with E-state index in [0.717, 1.165) is 10.7 Å². The van der Waals surface area contributed by atoms with Crippen LogP contribution in [0.25, 0.3) is 0 Å². The van der Waals surface area contributed by atoms with Crippen molar-refractivity contribution in [1.82, 2.24) is 14.5 Å². The minimum atomic E-state index is -1.01. The molecule has 5 nitrogen and oxygen atoms in total. The molecule has 0 atom stereocenters. The van der Waals surface area contributed by atoms with E-state index in [2.05, 4.69) is 9.97 Å². The number of carboxylic acids is 1. The zero-order valence-electron chi connectivity index (χ0n) is 8.04. The first-order valence-electron chi connectivity index (χ1n) is 4.31. The summed E-state index contributed by atoms with van der Waals surface area (Å²) in [5, 5.41) is 11.6. The van der Waals surface area contributed by atoms with Crippen LogP contribution >= 0.6 is 11.3 Å². The van der Waals surface area contributed by atoms with Crippen LogP contribution in [0.5, 0.6) is 0 Å². The van der Waals surface area contributed by atoms with Gasteiger partial charge in [-0.05, 0) is 6.92 Å². The molecule has 0 fully saturated rings. The molecule has 0 aromatic carbocycles. The quantitative estimate of drug-likeness (QED) is 0.853. The smallest absolute Gasteiger partial charge is 0.356 e. The number of nitrogens with zero attached hydrogens (tertiary/aromatic N) is 3. The molecule has 2 rings (SSSR count). The van der Waals surface area contributed by atoms with Gasteiger partial charge in [0.1, 0.15) is 0 Å². The number of hydrogen-bond donors (Lipinski definition) is 1. The molecule has 0 aliphatic rings. The summed E-state index contributed by atoms with van der Waals surface area (Å²) >= 11 is 1.58. The molecular formula is C9H9N3O2S. The van der Waals surface area contributed by atoms with Crippen molar-refractivity contribution >= 4 is 17.3 Å². The van der Waals surface area contributed by atoms with Crippen LogP contribution in [0.15, 0.2) is 17.9 Å². The highest BCUT2D eigenvalue weighted by atomic mass is 32.1. The summed E-state index contributed by atoms with van der Waals surface area (Å²) < 4.78 is 1.71. The van der Waals surface area contributed by atoms with Crippen LogP contribution in [0.2, 0.25) is 0 Å². The number of aromatic nitrogens is 3. The molecule has 0 unspecified atom stereocenters. The van der Waals surface area contributed by atoms with Crippen LogP contribution in [-0.4, -0.2) is 25.6 Å². The highest BCUT2D eigenvalue weighted by molar-refractivity contribution is 7.09. The Morgan fingerprint density at radius 1 is 1.67 bits per heavy atom. The summed E-state index contributed by atoms with van der Waals surface area (Å²) in [6.45, 7) is 2.50. The van der Waals surface area contributed by atoms with Gasteiger partial charge in [0.05, 0.1) is 23.6 Å². The van der Waals surface area contributed by atoms with Gasteiger partial charge in [0.2, 0.25) is 0 Å². The topological polar surface area (TPSA) is 68.0 Å². The van der Waals surface area contributed by atoms with E-state index in [9.17, 15) is 4.79 Å². The van der Waals surface area contributed by atoms with Gasteiger partial charge < -0.3 is 9.67 Å². The van der Waals surface area contributed by atoms with Crippen molar-refractivity contribution in [2.24, 2.45) is 0 Å². The molecule has 0 radical (unpaired) electrons. The first-order valence-corrected chi connectivity index (χ1v) is 5.19. The Morgan fingerprint density at radius 2 is 2.47 bits per heavy atom. The van der Waals surface area contributed by atoms with Crippen molar-refractivity contribution in [1.29, 1.82) is 0 Å². The maximum absolute atomic E-state index is 10.6. The first kappa shape index (κ1) is 9.85. The number of thiazole rings is 1. The molecule has 2 heterocycles. The van der Waals surface area contributed by atoms with E-state index in [1.807, 2.05) is 12.3 Å². The van der Waals surface area contributed by atoms with Crippen LogP contribution in [0.1, 0.15) is 21.2 Å². The van der Waals surface area contributed by atoms with Gasteiger partial charge in [-0.15, -0.1) is 11.3 Å². The Balaban J connectivity index is 2.14. The predicted molar refractivity (Wildman–Crippen MR) is 55.1 cm³/mol. The second kappa shape index (κ2) is 3.82. The molecule has 0 saturated heterocycles. The van der Waals surface area contributed by atoms with Crippen molar-refractivity contribution in [2.45, 2.75) is 13.5 Å².